The van der Waals surface area contributed by atoms with Crippen LogP contribution in [0.4, 0.5) is 11.4 Å². The summed E-state index contributed by atoms with van der Waals surface area (Å²) in [7, 11) is 0. The predicted molar refractivity (Wildman–Crippen MR) is 88.2 cm³/mol. The second kappa shape index (κ2) is 5.41. The van der Waals surface area contributed by atoms with E-state index in [9.17, 15) is 0 Å². The maximum atomic E-state index is 5.78. The molecule has 0 atom stereocenters. The fourth-order valence-electron chi connectivity index (χ4n) is 2.30. The summed E-state index contributed by atoms with van der Waals surface area (Å²) in [6.45, 7) is 0.483. The van der Waals surface area contributed by atoms with E-state index in [1.165, 1.54) is 0 Å². The molecule has 0 aromatic heterocycles. The van der Waals surface area contributed by atoms with Crippen LogP contribution in [-0.4, -0.2) is 19.0 Å². The molecule has 2 aromatic rings. The Labute approximate surface area is 127 Å². The van der Waals surface area contributed by atoms with Crippen molar-refractivity contribution in [1.82, 2.24) is 0 Å². The Balaban J connectivity index is 1.84. The second-order valence-electron chi connectivity index (χ2n) is 4.94. The zero-order valence-electron chi connectivity index (χ0n) is 11.8. The van der Waals surface area contributed by atoms with Gasteiger partial charge in [-0.1, -0.05) is 18.2 Å². The highest BCUT2D eigenvalue weighted by Crippen LogP contribution is 2.17. The Bertz CT molecular complexity index is 939. The van der Waals surface area contributed by atoms with Gasteiger partial charge in [0, 0.05) is 24.2 Å². The molecule has 106 valence electrons. The lowest BCUT2D eigenvalue weighted by molar-refractivity contribution is 0.360. The first kappa shape index (κ1) is 12.7. The van der Waals surface area contributed by atoms with Crippen LogP contribution < -0.4 is 15.3 Å². The molecule has 4 nitrogen and oxygen atoms in total. The molecule has 2 aromatic carbocycles. The molecule has 0 saturated carbocycles. The molecule has 0 spiro atoms. The molecule has 0 aliphatic carbocycles. The number of ether oxygens (including phenoxy) is 1. The summed E-state index contributed by atoms with van der Waals surface area (Å²) < 4.78 is 5.78. The van der Waals surface area contributed by atoms with Crippen molar-refractivity contribution in [2.24, 2.45) is 15.0 Å². The molecule has 4 rings (SSSR count). The van der Waals surface area contributed by atoms with Crippen molar-refractivity contribution >= 4 is 30.0 Å². The van der Waals surface area contributed by atoms with Gasteiger partial charge in [0.15, 0.2) is 0 Å². The molecule has 0 radical (unpaired) electrons. The van der Waals surface area contributed by atoms with Gasteiger partial charge in [0.2, 0.25) is 0 Å². The van der Waals surface area contributed by atoms with Crippen molar-refractivity contribution in [1.29, 1.82) is 0 Å². The molecular weight excluding hydrogens is 274 g/mol. The third-order valence-corrected chi connectivity index (χ3v) is 3.46. The van der Waals surface area contributed by atoms with Crippen LogP contribution in [0.15, 0.2) is 63.5 Å². The minimum absolute atomic E-state index is 0.483. The average molecular weight is 287 g/mol. The number of fused-ring (bicyclic) bond motifs is 4. The highest BCUT2D eigenvalue weighted by Gasteiger charge is 2.12. The lowest BCUT2D eigenvalue weighted by atomic mass is 10.2. The molecule has 2 aliphatic rings. The van der Waals surface area contributed by atoms with Gasteiger partial charge in [-0.15, -0.1) is 0 Å². The number of nitrogens with zero attached hydrogens (tertiary/aromatic N) is 3. The summed E-state index contributed by atoms with van der Waals surface area (Å²) in [5.41, 5.74) is 2.87. The van der Waals surface area contributed by atoms with E-state index in [1.807, 2.05) is 48.6 Å². The topological polar surface area (TPSA) is 46.3 Å². The fraction of sp³-hybridized carbons (Fsp3) is 0.0556. The second-order valence-corrected chi connectivity index (χ2v) is 4.94. The van der Waals surface area contributed by atoms with Crippen LogP contribution in [0.3, 0.4) is 0 Å². The first-order chi connectivity index (χ1) is 10.9. The number of hydrogen-bond acceptors (Lipinski definition) is 4. The van der Waals surface area contributed by atoms with Gasteiger partial charge in [0.25, 0.3) is 0 Å². The largest absolute Gasteiger partial charge is 0.489 e. The number of allylic oxidation sites excluding steroid dienone is 1. The van der Waals surface area contributed by atoms with Gasteiger partial charge in [-0.3, -0.25) is 9.98 Å². The Morgan fingerprint density at radius 1 is 1.00 bits per heavy atom. The van der Waals surface area contributed by atoms with Crippen LogP contribution in [0.1, 0.15) is 5.56 Å². The smallest absolute Gasteiger partial charge is 0.130 e. The molecule has 0 N–H and O–H groups in total. The van der Waals surface area contributed by atoms with Gasteiger partial charge in [-0.05, 0) is 30.4 Å². The first-order valence-corrected chi connectivity index (χ1v) is 7.08. The van der Waals surface area contributed by atoms with E-state index < -0.39 is 0 Å². The molecule has 0 unspecified atom stereocenters. The van der Waals surface area contributed by atoms with Gasteiger partial charge >= 0.3 is 0 Å². The Morgan fingerprint density at radius 3 is 2.95 bits per heavy atom. The van der Waals surface area contributed by atoms with E-state index in [0.29, 0.717) is 6.61 Å². The van der Waals surface area contributed by atoms with Crippen LogP contribution in [0, 0.1) is 0 Å². The van der Waals surface area contributed by atoms with Crippen molar-refractivity contribution < 1.29 is 4.74 Å². The number of para-hydroxylation sites is 1. The zero-order valence-corrected chi connectivity index (χ0v) is 11.8. The number of aliphatic imine (C=N–C) groups is 2. The van der Waals surface area contributed by atoms with Crippen LogP contribution in [-0.2, 0) is 0 Å². The van der Waals surface area contributed by atoms with E-state index in [-0.39, 0.29) is 0 Å². The van der Waals surface area contributed by atoms with Crippen LogP contribution in [0.25, 0.3) is 6.20 Å². The number of rotatable bonds is 0. The lowest BCUT2D eigenvalue weighted by Gasteiger charge is -2.01. The lowest BCUT2D eigenvalue weighted by Crippen LogP contribution is -2.19. The highest BCUT2D eigenvalue weighted by molar-refractivity contribution is 5.89. The number of hydrogen-bond donors (Lipinski definition) is 0. The molecule has 2 heterocycles. The molecule has 0 fully saturated rings. The molecule has 22 heavy (non-hydrogen) atoms. The maximum absolute atomic E-state index is 5.78. The van der Waals surface area contributed by atoms with E-state index in [4.69, 9.17) is 4.74 Å². The van der Waals surface area contributed by atoms with E-state index in [1.54, 1.807) is 18.6 Å². The Hall–Kier alpha value is -3.01. The highest BCUT2D eigenvalue weighted by atomic mass is 16.5. The summed E-state index contributed by atoms with van der Waals surface area (Å²) >= 11 is 0. The average Bonchev–Trinajstić information content (AvgIpc) is 3.32. The van der Waals surface area contributed by atoms with Crippen molar-refractivity contribution in [2.75, 3.05) is 6.61 Å². The standard InChI is InChI=1S/C18H13N3O/c1-2-6-15-13(5-1)11-19-12-14-17(8-7-16-18(14)21-16)22-10-4-3-9-20-15/h1-9,11-12H,10H2. The predicted octanol–water partition coefficient (Wildman–Crippen LogP) is 2.46. The minimum Gasteiger partial charge on any atom is -0.489 e. The molecular formula is C18H13N3O. The van der Waals surface area contributed by atoms with E-state index in [0.717, 1.165) is 33.3 Å². The van der Waals surface area contributed by atoms with Crippen molar-refractivity contribution in [2.45, 2.75) is 0 Å². The van der Waals surface area contributed by atoms with Crippen molar-refractivity contribution in [3.8, 4) is 5.75 Å². The summed E-state index contributed by atoms with van der Waals surface area (Å²) in [5.74, 6) is 0.797. The first-order valence-electron chi connectivity index (χ1n) is 7.08. The quantitative estimate of drug-likeness (QED) is 0.626. The fourth-order valence-corrected chi connectivity index (χ4v) is 2.30. The van der Waals surface area contributed by atoms with Gasteiger partial charge in [0.05, 0.1) is 16.6 Å². The molecule has 2 aliphatic heterocycles. The van der Waals surface area contributed by atoms with E-state index >= 15 is 0 Å². The Kier molecular flexibility index (Phi) is 3.12. The molecule has 0 bridgehead atoms. The van der Waals surface area contributed by atoms with Gasteiger partial charge < -0.3 is 4.74 Å². The Morgan fingerprint density at radius 2 is 1.95 bits per heavy atom. The van der Waals surface area contributed by atoms with E-state index in [2.05, 4.69) is 15.0 Å². The minimum atomic E-state index is 0.483. The third kappa shape index (κ3) is 2.46. The summed E-state index contributed by atoms with van der Waals surface area (Å²) in [6.07, 6.45) is 9.18. The summed E-state index contributed by atoms with van der Waals surface area (Å²) in [6, 6.07) is 11.8. The maximum Gasteiger partial charge on any atom is 0.130 e. The normalized spacial score (nSPS) is 14.7. The van der Waals surface area contributed by atoms with Crippen molar-refractivity contribution in [3.63, 3.8) is 0 Å². The van der Waals surface area contributed by atoms with Crippen LogP contribution >= 0.6 is 0 Å². The summed E-state index contributed by atoms with van der Waals surface area (Å²) in [5, 5.41) is 1.90. The monoisotopic (exact) mass is 287 g/mol. The van der Waals surface area contributed by atoms with Gasteiger partial charge in [-0.2, -0.15) is 0 Å². The zero-order chi connectivity index (χ0) is 14.8. The van der Waals surface area contributed by atoms with Crippen molar-refractivity contribution in [3.05, 3.63) is 64.7 Å². The van der Waals surface area contributed by atoms with Crippen LogP contribution in [0.5, 0.6) is 5.75 Å². The summed E-state index contributed by atoms with van der Waals surface area (Å²) in [4.78, 5) is 13.2. The molecule has 0 saturated heterocycles. The number of benzene rings is 2. The third-order valence-electron chi connectivity index (χ3n) is 3.46. The molecule has 4 heteroatoms. The molecule has 0 amide bonds. The van der Waals surface area contributed by atoms with Crippen LogP contribution in [0.2, 0.25) is 0 Å². The van der Waals surface area contributed by atoms with Gasteiger partial charge in [0.1, 0.15) is 17.7 Å². The van der Waals surface area contributed by atoms with Gasteiger partial charge in [-0.25, -0.2) is 4.99 Å². The SMILES string of the molecule is C1=CCOc2ccc3c(c2=CN=Cc2ccccc2N=C1)=N3.